The van der Waals surface area contributed by atoms with Gasteiger partial charge in [-0.3, -0.25) is 4.90 Å². The van der Waals surface area contributed by atoms with Crippen molar-refractivity contribution in [1.82, 2.24) is 4.90 Å². The topological polar surface area (TPSA) is 38.5 Å². The van der Waals surface area contributed by atoms with Crippen LogP contribution in [0.2, 0.25) is 0 Å². The number of methoxy groups -OCH3 is 1. The van der Waals surface area contributed by atoms with Gasteiger partial charge in [-0.2, -0.15) is 0 Å². The van der Waals surface area contributed by atoms with Crippen molar-refractivity contribution < 1.29 is 4.74 Å². The van der Waals surface area contributed by atoms with Crippen LogP contribution < -0.4 is 10.5 Å². The molecule has 0 amide bonds. The molecule has 2 N–H and O–H groups in total. The Labute approximate surface area is 134 Å². The van der Waals surface area contributed by atoms with Gasteiger partial charge in [0, 0.05) is 30.8 Å². The summed E-state index contributed by atoms with van der Waals surface area (Å²) in [5.74, 6) is 2.16. The van der Waals surface area contributed by atoms with Crippen LogP contribution in [0.5, 0.6) is 5.75 Å². The van der Waals surface area contributed by atoms with Crippen LogP contribution in [0.4, 0.5) is 0 Å². The van der Waals surface area contributed by atoms with E-state index in [1.54, 1.807) is 7.11 Å². The van der Waals surface area contributed by atoms with E-state index >= 15 is 0 Å². The van der Waals surface area contributed by atoms with Crippen molar-refractivity contribution in [2.75, 3.05) is 20.2 Å². The summed E-state index contributed by atoms with van der Waals surface area (Å²) < 4.78 is 5.48. The summed E-state index contributed by atoms with van der Waals surface area (Å²) in [7, 11) is 1.70. The van der Waals surface area contributed by atoms with Crippen LogP contribution in [0, 0.1) is 11.8 Å². The van der Waals surface area contributed by atoms with Gasteiger partial charge >= 0.3 is 0 Å². The van der Waals surface area contributed by atoms with Crippen molar-refractivity contribution in [1.29, 1.82) is 0 Å². The Kier molecular flexibility index (Phi) is 7.12. The van der Waals surface area contributed by atoms with Crippen molar-refractivity contribution in [3.63, 3.8) is 0 Å². The van der Waals surface area contributed by atoms with Crippen LogP contribution in [0.3, 0.4) is 0 Å². The van der Waals surface area contributed by atoms with Crippen molar-refractivity contribution >= 4 is 17.2 Å². The molecular formula is C17H28N2OS. The molecule has 0 fully saturated rings. The highest BCUT2D eigenvalue weighted by molar-refractivity contribution is 7.80. The molecule has 118 valence electrons. The van der Waals surface area contributed by atoms with Crippen molar-refractivity contribution in [3.8, 4) is 5.75 Å². The summed E-state index contributed by atoms with van der Waals surface area (Å²) in [6.45, 7) is 12.0. The summed E-state index contributed by atoms with van der Waals surface area (Å²) >= 11 is 5.08. The van der Waals surface area contributed by atoms with Gasteiger partial charge in [-0.05, 0) is 30.0 Å². The second kappa shape index (κ2) is 8.35. The molecule has 0 aliphatic rings. The number of ether oxygens (including phenoxy) is 1. The molecule has 4 heteroatoms. The van der Waals surface area contributed by atoms with Crippen molar-refractivity contribution in [2.24, 2.45) is 17.6 Å². The number of hydrogen-bond donors (Lipinski definition) is 1. The van der Waals surface area contributed by atoms with E-state index in [0.29, 0.717) is 16.8 Å². The van der Waals surface area contributed by atoms with E-state index in [1.807, 2.05) is 12.1 Å². The van der Waals surface area contributed by atoms with Crippen LogP contribution in [0.1, 0.15) is 38.8 Å². The van der Waals surface area contributed by atoms with Gasteiger partial charge in [0.2, 0.25) is 0 Å². The number of benzene rings is 1. The lowest BCUT2D eigenvalue weighted by atomic mass is 10.1. The minimum atomic E-state index is 0.429. The molecule has 0 aliphatic carbocycles. The van der Waals surface area contributed by atoms with Crippen LogP contribution in [0.25, 0.3) is 0 Å². The zero-order chi connectivity index (χ0) is 16.0. The first kappa shape index (κ1) is 17.9. The minimum Gasteiger partial charge on any atom is -0.496 e. The quantitative estimate of drug-likeness (QED) is 0.747. The molecule has 1 aromatic rings. The zero-order valence-electron chi connectivity index (χ0n) is 13.8. The fraction of sp³-hybridized carbons (Fsp3) is 0.588. The van der Waals surface area contributed by atoms with E-state index in [9.17, 15) is 0 Å². The lowest BCUT2D eigenvalue weighted by molar-refractivity contribution is 0.209. The van der Waals surface area contributed by atoms with E-state index in [4.69, 9.17) is 22.7 Å². The van der Waals surface area contributed by atoms with Crippen LogP contribution in [-0.2, 0) is 6.54 Å². The average Bonchev–Trinajstić information content (AvgIpc) is 2.36. The molecule has 0 spiro atoms. The van der Waals surface area contributed by atoms with Crippen LogP contribution in [0.15, 0.2) is 18.2 Å². The third-order valence-electron chi connectivity index (χ3n) is 3.21. The normalized spacial score (nSPS) is 11.4. The highest BCUT2D eigenvalue weighted by atomic mass is 32.1. The first-order chi connectivity index (χ1) is 9.83. The average molecular weight is 308 g/mol. The van der Waals surface area contributed by atoms with E-state index in [0.717, 1.165) is 36.5 Å². The van der Waals surface area contributed by atoms with Crippen molar-refractivity contribution in [2.45, 2.75) is 34.2 Å². The predicted octanol–water partition coefficient (Wildman–Crippen LogP) is 3.44. The smallest absolute Gasteiger partial charge is 0.123 e. The van der Waals surface area contributed by atoms with Crippen LogP contribution >= 0.6 is 12.2 Å². The fourth-order valence-corrected chi connectivity index (χ4v) is 2.66. The van der Waals surface area contributed by atoms with E-state index < -0.39 is 0 Å². The third-order valence-corrected chi connectivity index (χ3v) is 3.44. The zero-order valence-corrected chi connectivity index (χ0v) is 14.7. The summed E-state index contributed by atoms with van der Waals surface area (Å²) in [5, 5.41) is 0. The van der Waals surface area contributed by atoms with Crippen molar-refractivity contribution in [3.05, 3.63) is 29.3 Å². The Morgan fingerprint density at radius 1 is 1.19 bits per heavy atom. The monoisotopic (exact) mass is 308 g/mol. The summed E-state index contributed by atoms with van der Waals surface area (Å²) in [4.78, 5) is 2.90. The maximum absolute atomic E-state index is 5.74. The van der Waals surface area contributed by atoms with E-state index in [2.05, 4.69) is 38.7 Å². The first-order valence-corrected chi connectivity index (χ1v) is 7.93. The molecule has 0 radical (unpaired) electrons. The molecular weight excluding hydrogens is 280 g/mol. The van der Waals surface area contributed by atoms with Gasteiger partial charge in [0.05, 0.1) is 7.11 Å². The molecule has 0 atom stereocenters. The largest absolute Gasteiger partial charge is 0.496 e. The predicted molar refractivity (Wildman–Crippen MR) is 93.8 cm³/mol. The Morgan fingerprint density at radius 2 is 1.76 bits per heavy atom. The summed E-state index contributed by atoms with van der Waals surface area (Å²) in [5.41, 5.74) is 7.78. The van der Waals surface area contributed by atoms with Gasteiger partial charge < -0.3 is 10.5 Å². The Balaban J connectivity index is 2.99. The molecule has 0 heterocycles. The highest BCUT2D eigenvalue weighted by Gasteiger charge is 2.14. The van der Waals surface area contributed by atoms with E-state index in [-0.39, 0.29) is 0 Å². The van der Waals surface area contributed by atoms with Gasteiger partial charge in [0.25, 0.3) is 0 Å². The number of hydrogen-bond acceptors (Lipinski definition) is 3. The summed E-state index contributed by atoms with van der Waals surface area (Å²) in [6, 6.07) is 5.92. The standard InChI is InChI=1S/C17H28N2OS/c1-12(2)9-19(10-13(3)4)11-15-8-14(17(18)21)6-7-16(15)20-5/h6-8,12-13H,9-11H2,1-5H3,(H2,18,21). The van der Waals surface area contributed by atoms with Gasteiger partial charge in [-0.1, -0.05) is 39.9 Å². The maximum Gasteiger partial charge on any atom is 0.123 e. The Hall–Kier alpha value is -1.13. The Morgan fingerprint density at radius 3 is 2.19 bits per heavy atom. The molecule has 1 rings (SSSR count). The van der Waals surface area contributed by atoms with E-state index in [1.165, 1.54) is 0 Å². The van der Waals surface area contributed by atoms with Gasteiger partial charge in [-0.25, -0.2) is 0 Å². The van der Waals surface area contributed by atoms with Gasteiger partial charge in [0.15, 0.2) is 0 Å². The molecule has 0 bridgehead atoms. The van der Waals surface area contributed by atoms with Gasteiger partial charge in [-0.15, -0.1) is 0 Å². The lowest BCUT2D eigenvalue weighted by Gasteiger charge is -2.27. The second-order valence-electron chi connectivity index (χ2n) is 6.37. The molecule has 1 aromatic carbocycles. The molecule has 21 heavy (non-hydrogen) atoms. The molecule has 0 saturated carbocycles. The third kappa shape index (κ3) is 6.02. The minimum absolute atomic E-state index is 0.429. The molecule has 0 unspecified atom stereocenters. The molecule has 0 aromatic heterocycles. The molecule has 3 nitrogen and oxygen atoms in total. The number of thiocarbonyl (C=S) groups is 1. The summed E-state index contributed by atoms with van der Waals surface area (Å²) in [6.07, 6.45) is 0. The first-order valence-electron chi connectivity index (χ1n) is 7.52. The fourth-order valence-electron chi connectivity index (χ4n) is 2.53. The highest BCUT2D eigenvalue weighted by Crippen LogP contribution is 2.22. The second-order valence-corrected chi connectivity index (χ2v) is 6.81. The number of nitrogens with zero attached hydrogens (tertiary/aromatic N) is 1. The Bertz CT molecular complexity index is 462. The maximum atomic E-state index is 5.74. The van der Waals surface area contributed by atoms with Crippen LogP contribution in [-0.4, -0.2) is 30.1 Å². The SMILES string of the molecule is COc1ccc(C(N)=S)cc1CN(CC(C)C)CC(C)C. The number of nitrogens with two attached hydrogens (primary N) is 1. The van der Waals surface area contributed by atoms with Gasteiger partial charge in [0.1, 0.15) is 10.7 Å². The lowest BCUT2D eigenvalue weighted by Crippen LogP contribution is -2.31. The number of rotatable bonds is 8. The molecule has 0 aliphatic heterocycles. The molecule has 0 saturated heterocycles.